The van der Waals surface area contributed by atoms with Crippen molar-refractivity contribution < 1.29 is 4.74 Å². The fraction of sp³-hybridized carbons (Fsp3) is 0.857. The highest BCUT2D eigenvalue weighted by Crippen LogP contribution is 2.21. The molecule has 0 aromatic carbocycles. The number of nitrogens with one attached hydrogen (secondary N) is 1. The van der Waals surface area contributed by atoms with Crippen molar-refractivity contribution >= 4 is 0 Å². The molecule has 16 heavy (non-hydrogen) atoms. The topological polar surface area (TPSA) is 21.3 Å². The Morgan fingerprint density at radius 3 is 2.50 bits per heavy atom. The van der Waals surface area contributed by atoms with Gasteiger partial charge in [-0.2, -0.15) is 0 Å². The Hall–Kier alpha value is -0.340. The Morgan fingerprint density at radius 2 is 1.94 bits per heavy atom. The monoisotopic (exact) mass is 225 g/mol. The first-order valence-electron chi connectivity index (χ1n) is 6.77. The molecule has 0 atom stereocenters. The molecule has 0 spiro atoms. The molecule has 0 amide bonds. The summed E-state index contributed by atoms with van der Waals surface area (Å²) in [5.74, 6) is 0. The van der Waals surface area contributed by atoms with Gasteiger partial charge in [0.1, 0.15) is 0 Å². The zero-order chi connectivity index (χ0) is 11.8. The summed E-state index contributed by atoms with van der Waals surface area (Å²) >= 11 is 0. The third-order valence-electron chi connectivity index (χ3n) is 3.38. The van der Waals surface area contributed by atoms with Crippen LogP contribution in [-0.4, -0.2) is 25.3 Å². The summed E-state index contributed by atoms with van der Waals surface area (Å²) in [5, 5.41) is 3.59. The molecule has 94 valence electrons. The van der Waals surface area contributed by atoms with Crippen molar-refractivity contribution in [2.75, 3.05) is 13.2 Å². The molecular formula is C14H27NO. The summed E-state index contributed by atoms with van der Waals surface area (Å²) < 4.78 is 5.86. The molecule has 0 saturated heterocycles. The summed E-state index contributed by atoms with van der Waals surface area (Å²) in [6.45, 7) is 10.2. The second-order valence-corrected chi connectivity index (χ2v) is 4.84. The highest BCUT2D eigenvalue weighted by atomic mass is 16.5. The van der Waals surface area contributed by atoms with E-state index in [9.17, 15) is 0 Å². The van der Waals surface area contributed by atoms with Gasteiger partial charge in [-0.25, -0.2) is 0 Å². The van der Waals surface area contributed by atoms with E-state index in [2.05, 4.69) is 25.7 Å². The van der Waals surface area contributed by atoms with Crippen LogP contribution >= 0.6 is 0 Å². The van der Waals surface area contributed by atoms with Crippen molar-refractivity contribution in [1.82, 2.24) is 5.32 Å². The fourth-order valence-corrected chi connectivity index (χ4v) is 2.12. The number of hydrogen-bond donors (Lipinski definition) is 1. The van der Waals surface area contributed by atoms with Crippen molar-refractivity contribution in [2.45, 2.75) is 64.5 Å². The molecule has 2 nitrogen and oxygen atoms in total. The van der Waals surface area contributed by atoms with E-state index in [1.54, 1.807) is 0 Å². The Balaban J connectivity index is 2.09. The summed E-state index contributed by atoms with van der Waals surface area (Å²) in [7, 11) is 0. The van der Waals surface area contributed by atoms with Crippen LogP contribution in [0.25, 0.3) is 0 Å². The molecule has 1 rings (SSSR count). The molecule has 0 aromatic rings. The lowest BCUT2D eigenvalue weighted by Gasteiger charge is -2.29. The summed E-state index contributed by atoms with van der Waals surface area (Å²) in [6, 6.07) is 0.731. The molecule has 1 saturated carbocycles. The molecule has 0 aliphatic heterocycles. The molecule has 0 aromatic heterocycles. The molecule has 1 fully saturated rings. The average Bonchev–Trinajstić information content (AvgIpc) is 2.34. The van der Waals surface area contributed by atoms with Gasteiger partial charge < -0.3 is 10.1 Å². The SMILES string of the molecule is C=C(CC)COC1CCC(NCCC)CC1. The minimum absolute atomic E-state index is 0.475. The number of rotatable bonds is 7. The third kappa shape index (κ3) is 5.13. The fourth-order valence-electron chi connectivity index (χ4n) is 2.12. The van der Waals surface area contributed by atoms with Crippen molar-refractivity contribution in [1.29, 1.82) is 0 Å². The van der Waals surface area contributed by atoms with Crippen molar-refractivity contribution in [3.05, 3.63) is 12.2 Å². The van der Waals surface area contributed by atoms with Crippen LogP contribution in [0.2, 0.25) is 0 Å². The Bertz CT molecular complexity index is 195. The van der Waals surface area contributed by atoms with Crippen LogP contribution in [0.1, 0.15) is 52.4 Å². The molecule has 0 heterocycles. The largest absolute Gasteiger partial charge is 0.374 e. The maximum absolute atomic E-state index is 5.86. The molecule has 2 heteroatoms. The van der Waals surface area contributed by atoms with Crippen LogP contribution in [0.15, 0.2) is 12.2 Å². The lowest BCUT2D eigenvalue weighted by Crippen LogP contribution is -2.35. The normalized spacial score (nSPS) is 25.6. The molecular weight excluding hydrogens is 198 g/mol. The van der Waals surface area contributed by atoms with Gasteiger partial charge in [0.15, 0.2) is 0 Å². The van der Waals surface area contributed by atoms with E-state index in [0.29, 0.717) is 6.10 Å². The highest BCUT2D eigenvalue weighted by Gasteiger charge is 2.20. The average molecular weight is 225 g/mol. The van der Waals surface area contributed by atoms with Gasteiger partial charge in [-0.15, -0.1) is 0 Å². The maximum Gasteiger partial charge on any atom is 0.0677 e. The predicted octanol–water partition coefficient (Wildman–Crippen LogP) is 3.28. The minimum atomic E-state index is 0.475. The Morgan fingerprint density at radius 1 is 1.25 bits per heavy atom. The predicted molar refractivity (Wildman–Crippen MR) is 69.7 cm³/mol. The molecule has 0 radical (unpaired) electrons. The van der Waals surface area contributed by atoms with Gasteiger partial charge in [0.25, 0.3) is 0 Å². The lowest BCUT2D eigenvalue weighted by atomic mass is 9.93. The Labute approximate surface area is 100 Å². The van der Waals surface area contributed by atoms with Gasteiger partial charge in [0, 0.05) is 6.04 Å². The van der Waals surface area contributed by atoms with Gasteiger partial charge in [0.2, 0.25) is 0 Å². The van der Waals surface area contributed by atoms with E-state index in [0.717, 1.165) is 25.6 Å². The number of hydrogen-bond acceptors (Lipinski definition) is 2. The zero-order valence-corrected chi connectivity index (χ0v) is 10.9. The van der Waals surface area contributed by atoms with Crippen molar-refractivity contribution in [2.24, 2.45) is 0 Å². The standard InChI is InChI=1S/C14H27NO/c1-4-10-15-13-6-8-14(9-7-13)16-11-12(3)5-2/h13-15H,3-11H2,1-2H3. The van der Waals surface area contributed by atoms with Crippen LogP contribution in [0.3, 0.4) is 0 Å². The Kier molecular flexibility index (Phi) is 6.74. The molecule has 0 unspecified atom stereocenters. The minimum Gasteiger partial charge on any atom is -0.374 e. The molecule has 1 N–H and O–H groups in total. The van der Waals surface area contributed by atoms with Gasteiger partial charge in [-0.05, 0) is 45.1 Å². The summed E-state index contributed by atoms with van der Waals surface area (Å²) in [4.78, 5) is 0. The first kappa shape index (κ1) is 13.7. The van der Waals surface area contributed by atoms with E-state index in [4.69, 9.17) is 4.74 Å². The first-order valence-corrected chi connectivity index (χ1v) is 6.77. The van der Waals surface area contributed by atoms with E-state index in [-0.39, 0.29) is 0 Å². The van der Waals surface area contributed by atoms with Gasteiger partial charge in [0.05, 0.1) is 12.7 Å². The summed E-state index contributed by atoms with van der Waals surface area (Å²) in [6.07, 6.45) is 7.69. The van der Waals surface area contributed by atoms with E-state index in [1.807, 2.05) is 0 Å². The molecule has 1 aliphatic rings. The highest BCUT2D eigenvalue weighted by molar-refractivity contribution is 4.93. The molecule has 0 bridgehead atoms. The van der Waals surface area contributed by atoms with Crippen molar-refractivity contribution in [3.8, 4) is 0 Å². The molecule has 1 aliphatic carbocycles. The van der Waals surface area contributed by atoms with Crippen LogP contribution in [0.4, 0.5) is 0 Å². The second kappa shape index (κ2) is 7.86. The summed E-state index contributed by atoms with van der Waals surface area (Å²) in [5.41, 5.74) is 1.21. The maximum atomic E-state index is 5.86. The van der Waals surface area contributed by atoms with E-state index < -0.39 is 0 Å². The van der Waals surface area contributed by atoms with Gasteiger partial charge in [-0.1, -0.05) is 26.0 Å². The van der Waals surface area contributed by atoms with E-state index >= 15 is 0 Å². The van der Waals surface area contributed by atoms with E-state index in [1.165, 1.54) is 37.7 Å². The second-order valence-electron chi connectivity index (χ2n) is 4.84. The van der Waals surface area contributed by atoms with Gasteiger partial charge >= 0.3 is 0 Å². The van der Waals surface area contributed by atoms with Crippen LogP contribution in [-0.2, 0) is 4.74 Å². The smallest absolute Gasteiger partial charge is 0.0677 e. The van der Waals surface area contributed by atoms with Crippen LogP contribution < -0.4 is 5.32 Å². The third-order valence-corrected chi connectivity index (χ3v) is 3.38. The van der Waals surface area contributed by atoms with Gasteiger partial charge in [-0.3, -0.25) is 0 Å². The number of ether oxygens (including phenoxy) is 1. The zero-order valence-electron chi connectivity index (χ0n) is 10.9. The quantitative estimate of drug-likeness (QED) is 0.671. The lowest BCUT2D eigenvalue weighted by molar-refractivity contribution is 0.0353. The van der Waals surface area contributed by atoms with Crippen molar-refractivity contribution in [3.63, 3.8) is 0 Å². The first-order chi connectivity index (χ1) is 7.76. The van der Waals surface area contributed by atoms with Crippen LogP contribution in [0.5, 0.6) is 0 Å². The van der Waals surface area contributed by atoms with Crippen LogP contribution in [0, 0.1) is 0 Å².